The summed E-state index contributed by atoms with van der Waals surface area (Å²) in [6, 6.07) is 16.7. The van der Waals surface area contributed by atoms with Gasteiger partial charge in [-0.3, -0.25) is 14.5 Å². The first-order chi connectivity index (χ1) is 12.9. The van der Waals surface area contributed by atoms with Gasteiger partial charge in [-0.25, -0.2) is 0 Å². The highest BCUT2D eigenvalue weighted by Crippen LogP contribution is 2.17. The second-order valence-corrected chi connectivity index (χ2v) is 6.64. The molecule has 0 unspecified atom stereocenters. The zero-order chi connectivity index (χ0) is 19.8. The number of carbonyl (C=O) groups excluding carboxylic acids is 2. The zero-order valence-electron chi connectivity index (χ0n) is 16.3. The summed E-state index contributed by atoms with van der Waals surface area (Å²) in [5, 5.41) is 2.82. The van der Waals surface area contributed by atoms with E-state index in [1.54, 1.807) is 48.2 Å². The molecular formula is C21H27N3O3. The molecule has 0 aromatic heterocycles. The topological polar surface area (TPSA) is 61.9 Å². The molecule has 0 heterocycles. The maximum Gasteiger partial charge on any atom is 0.241 e. The van der Waals surface area contributed by atoms with Crippen LogP contribution in [0.3, 0.4) is 0 Å². The van der Waals surface area contributed by atoms with Crippen LogP contribution < -0.4 is 15.0 Å². The molecule has 0 radical (unpaired) electrons. The van der Waals surface area contributed by atoms with Crippen LogP contribution in [0.25, 0.3) is 0 Å². The first kappa shape index (κ1) is 20.5. The number of hydrogen-bond acceptors (Lipinski definition) is 4. The summed E-state index contributed by atoms with van der Waals surface area (Å²) in [5.74, 6) is 0.507. The summed E-state index contributed by atoms with van der Waals surface area (Å²) >= 11 is 0. The number of ether oxygens (including phenoxy) is 1. The lowest BCUT2D eigenvalue weighted by atomic mass is 10.2. The molecule has 0 saturated carbocycles. The van der Waals surface area contributed by atoms with Gasteiger partial charge >= 0.3 is 0 Å². The Hall–Kier alpha value is -2.86. The minimum atomic E-state index is -0.175. The minimum absolute atomic E-state index is 0.0291. The molecule has 144 valence electrons. The van der Waals surface area contributed by atoms with Gasteiger partial charge in [0.05, 0.1) is 20.2 Å². The van der Waals surface area contributed by atoms with Crippen LogP contribution in [0.2, 0.25) is 0 Å². The van der Waals surface area contributed by atoms with E-state index in [1.165, 1.54) is 0 Å². The van der Waals surface area contributed by atoms with Crippen molar-refractivity contribution in [3.63, 3.8) is 0 Å². The molecule has 2 aromatic carbocycles. The highest BCUT2D eigenvalue weighted by atomic mass is 16.5. The van der Waals surface area contributed by atoms with Gasteiger partial charge in [0.1, 0.15) is 5.75 Å². The molecule has 27 heavy (non-hydrogen) atoms. The van der Waals surface area contributed by atoms with Gasteiger partial charge in [0.2, 0.25) is 11.8 Å². The Kier molecular flexibility index (Phi) is 7.37. The Bertz CT molecular complexity index is 745. The number of benzene rings is 2. The largest absolute Gasteiger partial charge is 0.497 e. The van der Waals surface area contributed by atoms with Gasteiger partial charge in [0.25, 0.3) is 0 Å². The van der Waals surface area contributed by atoms with Crippen molar-refractivity contribution in [2.24, 2.45) is 0 Å². The molecule has 2 amide bonds. The molecule has 2 aromatic rings. The Morgan fingerprint density at radius 1 is 1.00 bits per heavy atom. The van der Waals surface area contributed by atoms with Crippen LogP contribution in [0.5, 0.6) is 5.75 Å². The number of methoxy groups -OCH3 is 1. The Morgan fingerprint density at radius 3 is 2.19 bits per heavy atom. The number of para-hydroxylation sites is 1. The van der Waals surface area contributed by atoms with E-state index in [0.717, 1.165) is 11.4 Å². The average Bonchev–Trinajstić information content (AvgIpc) is 2.62. The van der Waals surface area contributed by atoms with E-state index in [4.69, 9.17) is 4.74 Å². The van der Waals surface area contributed by atoms with Gasteiger partial charge < -0.3 is 15.0 Å². The van der Waals surface area contributed by atoms with Crippen molar-refractivity contribution in [1.29, 1.82) is 0 Å². The fourth-order valence-corrected chi connectivity index (χ4v) is 2.80. The van der Waals surface area contributed by atoms with Gasteiger partial charge in [-0.1, -0.05) is 18.2 Å². The van der Waals surface area contributed by atoms with E-state index < -0.39 is 0 Å². The molecule has 1 N–H and O–H groups in total. The monoisotopic (exact) mass is 369 g/mol. The van der Waals surface area contributed by atoms with Crippen molar-refractivity contribution in [3.8, 4) is 5.75 Å². The molecule has 0 bridgehead atoms. The Balaban J connectivity index is 1.91. The molecule has 6 nitrogen and oxygen atoms in total. The normalized spacial score (nSPS) is 10.7. The predicted molar refractivity (Wildman–Crippen MR) is 108 cm³/mol. The van der Waals surface area contributed by atoms with E-state index in [-0.39, 0.29) is 30.9 Å². The SMILES string of the molecule is COc1ccc(NC(=O)CN(C)CC(=O)N(c2ccccc2)C(C)C)cc1. The number of hydrogen-bond donors (Lipinski definition) is 1. The fraction of sp³-hybridized carbons (Fsp3) is 0.333. The van der Waals surface area contributed by atoms with Gasteiger partial charge in [-0.2, -0.15) is 0 Å². The molecular weight excluding hydrogens is 342 g/mol. The lowest BCUT2D eigenvalue weighted by molar-refractivity contribution is -0.121. The first-order valence-electron chi connectivity index (χ1n) is 8.90. The number of anilines is 2. The van der Waals surface area contributed by atoms with Gasteiger partial charge in [-0.15, -0.1) is 0 Å². The summed E-state index contributed by atoms with van der Waals surface area (Å²) in [5.41, 5.74) is 1.54. The second-order valence-electron chi connectivity index (χ2n) is 6.64. The molecule has 0 aliphatic heterocycles. The van der Waals surface area contributed by atoms with Crippen molar-refractivity contribution < 1.29 is 14.3 Å². The summed E-state index contributed by atoms with van der Waals surface area (Å²) < 4.78 is 5.10. The molecule has 0 atom stereocenters. The zero-order valence-corrected chi connectivity index (χ0v) is 16.3. The number of likely N-dealkylation sites (N-methyl/N-ethyl adjacent to an activating group) is 1. The molecule has 0 saturated heterocycles. The lowest BCUT2D eigenvalue weighted by Gasteiger charge is -2.28. The van der Waals surface area contributed by atoms with Crippen LogP contribution in [0.1, 0.15) is 13.8 Å². The van der Waals surface area contributed by atoms with Crippen molar-refractivity contribution in [1.82, 2.24) is 4.90 Å². The maximum atomic E-state index is 12.7. The van der Waals surface area contributed by atoms with Crippen LogP contribution >= 0.6 is 0 Å². The highest BCUT2D eigenvalue weighted by molar-refractivity contribution is 5.96. The van der Waals surface area contributed by atoms with Crippen molar-refractivity contribution in [3.05, 3.63) is 54.6 Å². The van der Waals surface area contributed by atoms with Gasteiger partial charge in [-0.05, 0) is 57.3 Å². The third kappa shape index (κ3) is 6.11. The van der Waals surface area contributed by atoms with Crippen LogP contribution in [-0.4, -0.2) is 50.0 Å². The number of rotatable bonds is 8. The van der Waals surface area contributed by atoms with Crippen LogP contribution in [0, 0.1) is 0 Å². The molecule has 0 aliphatic carbocycles. The molecule has 6 heteroatoms. The van der Waals surface area contributed by atoms with E-state index in [2.05, 4.69) is 5.32 Å². The fourth-order valence-electron chi connectivity index (χ4n) is 2.80. The highest BCUT2D eigenvalue weighted by Gasteiger charge is 2.21. The Labute approximate surface area is 160 Å². The van der Waals surface area contributed by atoms with Crippen molar-refractivity contribution in [2.45, 2.75) is 19.9 Å². The smallest absolute Gasteiger partial charge is 0.241 e. The number of nitrogens with one attached hydrogen (secondary N) is 1. The first-order valence-corrected chi connectivity index (χ1v) is 8.90. The van der Waals surface area contributed by atoms with E-state index >= 15 is 0 Å². The van der Waals surface area contributed by atoms with Gasteiger partial charge in [0.15, 0.2) is 0 Å². The third-order valence-electron chi connectivity index (χ3n) is 4.01. The van der Waals surface area contributed by atoms with E-state index in [1.807, 2.05) is 44.2 Å². The predicted octanol–water partition coefficient (Wildman–Crippen LogP) is 3.01. The standard InChI is InChI=1S/C21H27N3O3/c1-16(2)24(18-8-6-5-7-9-18)21(26)15-23(3)14-20(25)22-17-10-12-19(27-4)13-11-17/h5-13,16H,14-15H2,1-4H3,(H,22,25). The van der Waals surface area contributed by atoms with Gasteiger partial charge in [0, 0.05) is 17.4 Å². The van der Waals surface area contributed by atoms with Crippen LogP contribution in [0.15, 0.2) is 54.6 Å². The summed E-state index contributed by atoms with van der Waals surface area (Å²) in [7, 11) is 3.35. The summed E-state index contributed by atoms with van der Waals surface area (Å²) in [6.07, 6.45) is 0. The number of nitrogens with zero attached hydrogens (tertiary/aromatic N) is 2. The molecule has 0 aliphatic rings. The maximum absolute atomic E-state index is 12.7. The van der Waals surface area contributed by atoms with Crippen LogP contribution in [-0.2, 0) is 9.59 Å². The third-order valence-corrected chi connectivity index (χ3v) is 4.01. The van der Waals surface area contributed by atoms with E-state index in [9.17, 15) is 9.59 Å². The summed E-state index contributed by atoms with van der Waals surface area (Å²) in [6.45, 7) is 4.23. The molecule has 2 rings (SSSR count). The summed E-state index contributed by atoms with van der Waals surface area (Å²) in [4.78, 5) is 28.4. The van der Waals surface area contributed by atoms with Crippen LogP contribution in [0.4, 0.5) is 11.4 Å². The van der Waals surface area contributed by atoms with Crippen molar-refractivity contribution >= 4 is 23.2 Å². The number of carbonyl (C=O) groups is 2. The number of amides is 2. The van der Waals surface area contributed by atoms with Crippen molar-refractivity contribution in [2.75, 3.05) is 37.5 Å². The molecule has 0 spiro atoms. The minimum Gasteiger partial charge on any atom is -0.497 e. The average molecular weight is 369 g/mol. The van der Waals surface area contributed by atoms with E-state index in [0.29, 0.717) is 5.69 Å². The second kappa shape index (κ2) is 9.73. The lowest BCUT2D eigenvalue weighted by Crippen LogP contribution is -2.44. The quantitative estimate of drug-likeness (QED) is 0.777. The Morgan fingerprint density at radius 2 is 1.63 bits per heavy atom. The molecule has 0 fully saturated rings.